The average molecular weight is 424 g/mol. The Hall–Kier alpha value is -2.96. The predicted molar refractivity (Wildman–Crippen MR) is 128 cm³/mol. The summed E-state index contributed by atoms with van der Waals surface area (Å²) in [5.74, 6) is 0.0536. The van der Waals surface area contributed by atoms with E-state index in [1.807, 2.05) is 31.2 Å². The minimum absolute atomic E-state index is 0. The smallest absolute Gasteiger partial charge is 0.237 e. The van der Waals surface area contributed by atoms with Crippen molar-refractivity contribution in [3.8, 4) is 0 Å². The Morgan fingerprint density at radius 2 is 1.83 bits per heavy atom. The first-order valence-electron chi connectivity index (χ1n) is 10.1. The fraction of sp³-hybridized carbons (Fsp3) is 0.208. The van der Waals surface area contributed by atoms with Crippen molar-refractivity contribution in [1.82, 2.24) is 0 Å². The maximum atomic E-state index is 11.9. The molecule has 1 saturated heterocycles. The molecular formula is C24H29N3O2S. The molecule has 0 radical (unpaired) electrons. The molecule has 3 N–H and O–H groups in total. The van der Waals surface area contributed by atoms with Crippen LogP contribution in [0.1, 0.15) is 28.4 Å². The average Bonchev–Trinajstić information content (AvgIpc) is 3.53. The van der Waals surface area contributed by atoms with Crippen molar-refractivity contribution >= 4 is 34.7 Å². The third-order valence-electron chi connectivity index (χ3n) is 5.29. The van der Waals surface area contributed by atoms with E-state index in [0.717, 1.165) is 34.1 Å². The summed E-state index contributed by atoms with van der Waals surface area (Å²) in [7, 11) is 0. The van der Waals surface area contributed by atoms with E-state index >= 15 is 0 Å². The predicted octanol–water partition coefficient (Wildman–Crippen LogP) is 5.98. The van der Waals surface area contributed by atoms with Gasteiger partial charge in [-0.15, -0.1) is 11.8 Å². The highest BCUT2D eigenvalue weighted by atomic mass is 32.2. The summed E-state index contributed by atoms with van der Waals surface area (Å²) in [6, 6.07) is 24.7. The molecule has 3 atom stereocenters. The van der Waals surface area contributed by atoms with Gasteiger partial charge in [0.1, 0.15) is 6.10 Å². The highest BCUT2D eigenvalue weighted by Gasteiger charge is 2.41. The first kappa shape index (κ1) is 19.0. The number of epoxide rings is 1. The largest absolute Gasteiger partial charge is 0.381 e. The topological polar surface area (TPSA) is 65.7 Å². The van der Waals surface area contributed by atoms with Crippen LogP contribution in [0.4, 0.5) is 17.1 Å². The molecule has 2 aliphatic rings. The fourth-order valence-corrected chi connectivity index (χ4v) is 4.45. The molecule has 2 aliphatic heterocycles. The van der Waals surface area contributed by atoms with Gasteiger partial charge in [0.2, 0.25) is 5.91 Å². The highest BCUT2D eigenvalue weighted by Crippen LogP contribution is 2.43. The molecule has 6 heteroatoms. The number of ether oxygens (including phenoxy) is 1. The molecule has 2 heterocycles. The van der Waals surface area contributed by atoms with E-state index in [4.69, 9.17) is 4.74 Å². The van der Waals surface area contributed by atoms with Crippen LogP contribution in [0.15, 0.2) is 77.7 Å². The molecule has 1 fully saturated rings. The number of fused-ring (bicyclic) bond motifs is 1. The number of carbonyl (C=O) groups excluding carboxylic acids is 1. The molecule has 0 aliphatic carbocycles. The van der Waals surface area contributed by atoms with E-state index in [1.54, 1.807) is 11.8 Å². The van der Waals surface area contributed by atoms with Crippen molar-refractivity contribution in [2.45, 2.75) is 35.9 Å². The van der Waals surface area contributed by atoms with E-state index < -0.39 is 0 Å². The lowest BCUT2D eigenvalue weighted by Gasteiger charge is -2.21. The lowest BCUT2D eigenvalue weighted by Crippen LogP contribution is -2.26. The number of anilines is 3. The van der Waals surface area contributed by atoms with Gasteiger partial charge in [-0.2, -0.15) is 0 Å². The highest BCUT2D eigenvalue weighted by molar-refractivity contribution is 8.00. The minimum atomic E-state index is -0.0548. The summed E-state index contributed by atoms with van der Waals surface area (Å²) in [6.07, 6.45) is -0.0572. The summed E-state index contributed by atoms with van der Waals surface area (Å²) in [6.45, 7) is 2.70. The van der Waals surface area contributed by atoms with Crippen LogP contribution in [-0.2, 0) is 16.1 Å². The van der Waals surface area contributed by atoms with Crippen molar-refractivity contribution in [2.75, 3.05) is 16.0 Å². The zero-order valence-electron chi connectivity index (χ0n) is 16.6. The fourth-order valence-electron chi connectivity index (χ4n) is 3.52. The molecule has 0 saturated carbocycles. The van der Waals surface area contributed by atoms with Gasteiger partial charge in [-0.1, -0.05) is 36.4 Å². The van der Waals surface area contributed by atoms with Crippen LogP contribution in [-0.4, -0.2) is 17.4 Å². The van der Waals surface area contributed by atoms with Crippen LogP contribution in [0.3, 0.4) is 0 Å². The second-order valence-corrected chi connectivity index (χ2v) is 8.93. The Bertz CT molecular complexity index is 1070. The Kier molecular flexibility index (Phi) is 5.11. The maximum absolute atomic E-state index is 11.9. The lowest BCUT2D eigenvalue weighted by molar-refractivity contribution is -0.115. The normalized spacial score (nSPS) is 22.0. The Morgan fingerprint density at radius 1 is 1.03 bits per heavy atom. The summed E-state index contributed by atoms with van der Waals surface area (Å²) in [5, 5.41) is 9.77. The molecule has 0 bridgehead atoms. The van der Waals surface area contributed by atoms with Crippen molar-refractivity contribution in [3.63, 3.8) is 0 Å². The zero-order valence-corrected chi connectivity index (χ0v) is 17.4. The van der Waals surface area contributed by atoms with Gasteiger partial charge < -0.3 is 20.7 Å². The van der Waals surface area contributed by atoms with Gasteiger partial charge in [-0.05, 0) is 54.4 Å². The number of para-hydroxylation sites is 1. The molecular weight excluding hydrogens is 394 g/mol. The third kappa shape index (κ3) is 4.15. The summed E-state index contributed by atoms with van der Waals surface area (Å²) in [4.78, 5) is 13.0. The molecule has 0 spiro atoms. The number of nitrogens with one attached hydrogen (secondary N) is 3. The molecule has 1 amide bonds. The SMILES string of the molecule is CC1Sc2ccc(C3OC3Nc3ccc(CNc4ccccc4)cc3)cc2NC1=O.[HH].[HH].[HH]. The van der Waals surface area contributed by atoms with Gasteiger partial charge in [-0.25, -0.2) is 0 Å². The van der Waals surface area contributed by atoms with Crippen molar-refractivity contribution in [3.05, 3.63) is 83.9 Å². The van der Waals surface area contributed by atoms with E-state index in [-0.39, 0.29) is 27.8 Å². The second kappa shape index (κ2) is 8.05. The van der Waals surface area contributed by atoms with Gasteiger partial charge >= 0.3 is 0 Å². The monoisotopic (exact) mass is 423 g/mol. The second-order valence-electron chi connectivity index (χ2n) is 7.54. The molecule has 5 nitrogen and oxygen atoms in total. The van der Waals surface area contributed by atoms with Gasteiger partial charge in [0.25, 0.3) is 0 Å². The van der Waals surface area contributed by atoms with Crippen LogP contribution in [0.2, 0.25) is 0 Å². The number of hydrogen-bond acceptors (Lipinski definition) is 5. The molecule has 30 heavy (non-hydrogen) atoms. The van der Waals surface area contributed by atoms with E-state index in [1.165, 1.54) is 5.56 Å². The number of benzene rings is 3. The van der Waals surface area contributed by atoms with E-state index in [0.29, 0.717) is 0 Å². The van der Waals surface area contributed by atoms with Crippen molar-refractivity contribution in [2.24, 2.45) is 0 Å². The number of rotatable bonds is 6. The van der Waals surface area contributed by atoms with E-state index in [2.05, 4.69) is 64.5 Å². The summed E-state index contributed by atoms with van der Waals surface area (Å²) < 4.78 is 5.84. The van der Waals surface area contributed by atoms with Gasteiger partial charge in [0, 0.05) is 27.1 Å². The Balaban J connectivity index is 0.00000128. The van der Waals surface area contributed by atoms with Crippen LogP contribution < -0.4 is 16.0 Å². The van der Waals surface area contributed by atoms with Gasteiger partial charge in [-0.3, -0.25) is 4.79 Å². The summed E-state index contributed by atoms with van der Waals surface area (Å²) >= 11 is 1.59. The van der Waals surface area contributed by atoms with Gasteiger partial charge in [0.05, 0.1) is 10.9 Å². The van der Waals surface area contributed by atoms with Crippen LogP contribution >= 0.6 is 11.8 Å². The molecule has 158 valence electrons. The molecule has 0 aromatic heterocycles. The number of amides is 1. The number of thioether (sulfide) groups is 1. The molecule has 3 aromatic rings. The van der Waals surface area contributed by atoms with E-state index in [9.17, 15) is 4.79 Å². The first-order valence-corrected chi connectivity index (χ1v) is 10.9. The lowest BCUT2D eigenvalue weighted by atomic mass is 10.1. The first-order chi connectivity index (χ1) is 14.7. The maximum Gasteiger partial charge on any atom is 0.237 e. The quantitative estimate of drug-likeness (QED) is 0.426. The van der Waals surface area contributed by atoms with Crippen molar-refractivity contribution in [1.29, 1.82) is 0 Å². The minimum Gasteiger partial charge on any atom is -0.381 e. The standard InChI is InChI=1S/C24H23N3O2S.3H2/c1-15-23(28)27-20-13-17(9-12-21(20)30-15)22-24(29-22)26-19-10-7-16(8-11-19)14-25-18-5-3-2-4-6-18;;;/h2-13,15,22,24-26H,14H2,1H3,(H,27,28);3*1H. The van der Waals surface area contributed by atoms with Crippen LogP contribution in [0.25, 0.3) is 0 Å². The van der Waals surface area contributed by atoms with Gasteiger partial charge in [0.15, 0.2) is 6.23 Å². The van der Waals surface area contributed by atoms with Crippen LogP contribution in [0.5, 0.6) is 0 Å². The number of carbonyl (C=O) groups is 1. The molecule has 3 unspecified atom stereocenters. The Labute approximate surface area is 184 Å². The Morgan fingerprint density at radius 3 is 2.63 bits per heavy atom. The van der Waals surface area contributed by atoms with Crippen LogP contribution in [0, 0.1) is 0 Å². The third-order valence-corrected chi connectivity index (χ3v) is 6.47. The zero-order chi connectivity index (χ0) is 20.5. The number of hydrogen-bond donors (Lipinski definition) is 3. The summed E-state index contributed by atoms with van der Waals surface area (Å²) in [5.41, 5.74) is 5.31. The van der Waals surface area contributed by atoms with Crippen molar-refractivity contribution < 1.29 is 13.8 Å². The molecule has 5 rings (SSSR count). The molecule has 3 aromatic carbocycles.